The third kappa shape index (κ3) is 4.81. The number of thioether (sulfide) groups is 1. The Balaban J connectivity index is 1.98. The van der Waals surface area contributed by atoms with E-state index in [0.29, 0.717) is 0 Å². The lowest BCUT2D eigenvalue weighted by atomic mass is 10.1. The number of benzene rings is 2. The minimum absolute atomic E-state index is 0.162. The van der Waals surface area contributed by atoms with Gasteiger partial charge in [0.05, 0.1) is 11.8 Å². The Bertz CT molecular complexity index is 760. The molecule has 1 atom stereocenters. The molecule has 1 N–H and O–H groups in total. The molecule has 118 valence electrons. The van der Waals surface area contributed by atoms with Crippen LogP contribution in [0.1, 0.15) is 17.2 Å². The quantitative estimate of drug-likeness (QED) is 0.768. The zero-order chi connectivity index (χ0) is 16.8. The maximum Gasteiger partial charge on any atom is 0.231 e. The predicted molar refractivity (Wildman–Crippen MR) is 92.5 cm³/mol. The van der Waals surface area contributed by atoms with E-state index in [1.54, 1.807) is 12.1 Å². The number of hydrogen-bond donors (Lipinski definition) is 1. The maximum atomic E-state index is 13.7. The van der Waals surface area contributed by atoms with Gasteiger partial charge in [0.1, 0.15) is 11.9 Å². The normalized spacial score (nSPS) is 11.6. The molecule has 0 radical (unpaired) electrons. The second-order valence-electron chi connectivity index (χ2n) is 4.85. The Kier molecular flexibility index (Phi) is 6.20. The first-order valence-electron chi connectivity index (χ1n) is 6.83. The summed E-state index contributed by atoms with van der Waals surface area (Å²) in [5.41, 5.74) is 1.23. The monoisotopic (exact) mass is 392 g/mol. The van der Waals surface area contributed by atoms with Crippen LogP contribution in [0.5, 0.6) is 0 Å². The minimum Gasteiger partial charge on any atom is -0.336 e. The second kappa shape index (κ2) is 8.14. The van der Waals surface area contributed by atoms with Crippen LogP contribution in [0.2, 0.25) is 0 Å². The van der Waals surface area contributed by atoms with E-state index in [-0.39, 0.29) is 17.2 Å². The lowest BCUT2D eigenvalue weighted by molar-refractivity contribution is -0.118. The van der Waals surface area contributed by atoms with Crippen molar-refractivity contribution in [1.29, 1.82) is 5.26 Å². The van der Waals surface area contributed by atoms with Crippen molar-refractivity contribution in [2.45, 2.75) is 17.9 Å². The molecule has 0 saturated carbocycles. The smallest absolute Gasteiger partial charge is 0.231 e. The topological polar surface area (TPSA) is 52.9 Å². The molecular weight excluding hydrogens is 379 g/mol. The van der Waals surface area contributed by atoms with Crippen LogP contribution in [0.25, 0.3) is 0 Å². The van der Waals surface area contributed by atoms with Crippen molar-refractivity contribution in [3.05, 3.63) is 63.9 Å². The third-order valence-electron chi connectivity index (χ3n) is 3.15. The zero-order valence-corrected chi connectivity index (χ0v) is 14.7. The first kappa shape index (κ1) is 17.5. The minimum atomic E-state index is -0.990. The second-order valence-corrected chi connectivity index (χ2v) is 6.78. The van der Waals surface area contributed by atoms with Gasteiger partial charge in [-0.3, -0.25) is 4.79 Å². The third-order valence-corrected chi connectivity index (χ3v) is 4.82. The fourth-order valence-electron chi connectivity index (χ4n) is 2.01. The van der Waals surface area contributed by atoms with Crippen LogP contribution in [0.4, 0.5) is 4.39 Å². The summed E-state index contributed by atoms with van der Waals surface area (Å²) in [7, 11) is 0. The van der Waals surface area contributed by atoms with E-state index < -0.39 is 11.9 Å². The number of rotatable bonds is 5. The summed E-state index contributed by atoms with van der Waals surface area (Å²) in [4.78, 5) is 13.0. The number of nitriles is 1. The van der Waals surface area contributed by atoms with Crippen molar-refractivity contribution in [2.75, 3.05) is 5.75 Å². The highest BCUT2D eigenvalue weighted by atomic mass is 79.9. The molecule has 2 rings (SSSR count). The molecule has 0 aliphatic heterocycles. The molecule has 2 aromatic rings. The Morgan fingerprint density at radius 3 is 2.78 bits per heavy atom. The highest BCUT2D eigenvalue weighted by molar-refractivity contribution is 9.10. The van der Waals surface area contributed by atoms with Gasteiger partial charge in [-0.05, 0) is 36.8 Å². The van der Waals surface area contributed by atoms with Gasteiger partial charge in [0.2, 0.25) is 5.91 Å². The number of carbonyl (C=O) groups is 1. The van der Waals surface area contributed by atoms with Crippen molar-refractivity contribution in [3.63, 3.8) is 0 Å². The molecule has 0 saturated heterocycles. The van der Waals surface area contributed by atoms with Crippen molar-refractivity contribution in [2.24, 2.45) is 0 Å². The molecule has 0 spiro atoms. The molecule has 3 nitrogen and oxygen atoms in total. The summed E-state index contributed by atoms with van der Waals surface area (Å²) in [6, 6.07) is 12.7. The number of halogens is 2. The molecule has 1 unspecified atom stereocenters. The van der Waals surface area contributed by atoms with Gasteiger partial charge in [-0.15, -0.1) is 11.8 Å². The Hall–Kier alpha value is -1.84. The van der Waals surface area contributed by atoms with E-state index in [1.165, 1.54) is 23.9 Å². The van der Waals surface area contributed by atoms with Crippen molar-refractivity contribution >= 4 is 33.6 Å². The Morgan fingerprint density at radius 1 is 1.39 bits per heavy atom. The van der Waals surface area contributed by atoms with E-state index in [0.717, 1.165) is 14.9 Å². The van der Waals surface area contributed by atoms with Gasteiger partial charge in [-0.1, -0.05) is 34.1 Å². The number of carbonyl (C=O) groups excluding carboxylic acids is 1. The standard InChI is InChI=1S/C17H14BrFN2OS/c1-11-8-12(18)6-7-16(11)23-10-17(22)21-15(9-20)13-4-2-3-5-14(13)19/h2-8,15H,10H2,1H3,(H,21,22). The van der Waals surface area contributed by atoms with E-state index in [9.17, 15) is 9.18 Å². The molecule has 0 aliphatic carbocycles. The van der Waals surface area contributed by atoms with Crippen LogP contribution >= 0.6 is 27.7 Å². The van der Waals surface area contributed by atoms with Crippen LogP contribution < -0.4 is 5.32 Å². The summed E-state index contributed by atoms with van der Waals surface area (Å²) >= 11 is 4.77. The summed E-state index contributed by atoms with van der Waals surface area (Å²) in [6.45, 7) is 1.96. The molecule has 1 amide bonds. The molecule has 0 bridgehead atoms. The van der Waals surface area contributed by atoms with Gasteiger partial charge >= 0.3 is 0 Å². The van der Waals surface area contributed by atoms with E-state index in [1.807, 2.05) is 31.2 Å². The van der Waals surface area contributed by atoms with Crippen LogP contribution in [0.3, 0.4) is 0 Å². The molecule has 0 aromatic heterocycles. The number of aryl methyl sites for hydroxylation is 1. The van der Waals surface area contributed by atoms with Crippen molar-refractivity contribution in [1.82, 2.24) is 5.32 Å². The van der Waals surface area contributed by atoms with Gasteiger partial charge in [0.25, 0.3) is 0 Å². The van der Waals surface area contributed by atoms with Crippen LogP contribution in [0, 0.1) is 24.1 Å². The summed E-state index contributed by atoms with van der Waals surface area (Å²) in [5, 5.41) is 11.7. The average molecular weight is 393 g/mol. The zero-order valence-electron chi connectivity index (χ0n) is 12.3. The fraction of sp³-hybridized carbons (Fsp3) is 0.176. The van der Waals surface area contributed by atoms with E-state index in [4.69, 9.17) is 5.26 Å². The Labute approximate surface area is 147 Å². The van der Waals surface area contributed by atoms with E-state index >= 15 is 0 Å². The lowest BCUT2D eigenvalue weighted by Crippen LogP contribution is -2.29. The molecule has 2 aromatic carbocycles. The average Bonchev–Trinajstić information content (AvgIpc) is 2.52. The lowest BCUT2D eigenvalue weighted by Gasteiger charge is -2.13. The number of nitrogens with one attached hydrogen (secondary N) is 1. The molecule has 6 heteroatoms. The summed E-state index contributed by atoms with van der Waals surface area (Å²) < 4.78 is 14.7. The number of nitrogens with zero attached hydrogens (tertiary/aromatic N) is 1. The molecule has 0 fully saturated rings. The summed E-state index contributed by atoms with van der Waals surface area (Å²) in [5.74, 6) is -0.655. The van der Waals surface area contributed by atoms with Crippen LogP contribution in [-0.4, -0.2) is 11.7 Å². The van der Waals surface area contributed by atoms with E-state index in [2.05, 4.69) is 21.2 Å². The first-order chi connectivity index (χ1) is 11.0. The highest BCUT2D eigenvalue weighted by Crippen LogP contribution is 2.25. The van der Waals surface area contributed by atoms with Gasteiger partial charge < -0.3 is 5.32 Å². The maximum absolute atomic E-state index is 13.7. The molecule has 0 aliphatic rings. The fourth-order valence-corrected chi connectivity index (χ4v) is 3.31. The molecule has 23 heavy (non-hydrogen) atoms. The van der Waals surface area contributed by atoms with Crippen LogP contribution in [-0.2, 0) is 4.79 Å². The molecular formula is C17H14BrFN2OS. The summed E-state index contributed by atoms with van der Waals surface area (Å²) in [6.07, 6.45) is 0. The predicted octanol–water partition coefficient (Wildman–Crippen LogP) is 4.37. The first-order valence-corrected chi connectivity index (χ1v) is 8.61. The molecule has 0 heterocycles. The number of hydrogen-bond acceptors (Lipinski definition) is 3. The van der Waals surface area contributed by atoms with Crippen LogP contribution in [0.15, 0.2) is 51.8 Å². The van der Waals surface area contributed by atoms with Gasteiger partial charge in [-0.25, -0.2) is 4.39 Å². The SMILES string of the molecule is Cc1cc(Br)ccc1SCC(=O)NC(C#N)c1ccccc1F. The number of amides is 1. The highest BCUT2D eigenvalue weighted by Gasteiger charge is 2.17. The van der Waals surface area contributed by atoms with Crippen molar-refractivity contribution in [3.8, 4) is 6.07 Å². The Morgan fingerprint density at radius 2 is 2.13 bits per heavy atom. The largest absolute Gasteiger partial charge is 0.336 e. The van der Waals surface area contributed by atoms with Gasteiger partial charge in [0.15, 0.2) is 0 Å². The van der Waals surface area contributed by atoms with Crippen molar-refractivity contribution < 1.29 is 9.18 Å². The van der Waals surface area contributed by atoms with Gasteiger partial charge in [-0.2, -0.15) is 5.26 Å². The van der Waals surface area contributed by atoms with Gasteiger partial charge in [0, 0.05) is 14.9 Å².